The van der Waals surface area contributed by atoms with Crippen LogP contribution in [0.4, 0.5) is 4.39 Å². The highest BCUT2D eigenvalue weighted by molar-refractivity contribution is 9.10. The number of alkyl halides is 1. The fourth-order valence-corrected chi connectivity index (χ4v) is 14.6. The Hall–Kier alpha value is -7.67. The van der Waals surface area contributed by atoms with E-state index in [1.807, 2.05) is 33.8 Å². The predicted octanol–water partition coefficient (Wildman–Crippen LogP) is 10.1. The fraction of sp³-hybridized carbons (Fsp3) is 0.492. The van der Waals surface area contributed by atoms with Crippen LogP contribution in [-0.2, 0) is 22.7 Å². The molecule has 0 saturated heterocycles. The van der Waals surface area contributed by atoms with Gasteiger partial charge in [0, 0.05) is 27.0 Å². The number of aromatic hydroxyl groups is 1. The van der Waals surface area contributed by atoms with Gasteiger partial charge in [-0.1, -0.05) is 33.1 Å². The van der Waals surface area contributed by atoms with Crippen LogP contribution in [0.3, 0.4) is 0 Å². The number of aryl methyl sites for hydroxylation is 5. The Balaban J connectivity index is 0.000000163. The highest BCUT2D eigenvalue weighted by Gasteiger charge is 2.49. The van der Waals surface area contributed by atoms with E-state index < -0.39 is 35.4 Å². The second-order valence-corrected chi connectivity index (χ2v) is 25.1. The Morgan fingerprint density at radius 1 is 0.511 bits per heavy atom. The number of aromatic nitrogens is 8. The summed E-state index contributed by atoms with van der Waals surface area (Å²) in [6.07, 6.45) is 25.4. The Kier molecular flexibility index (Phi) is 19.7. The first-order chi connectivity index (χ1) is 43.1. The van der Waals surface area contributed by atoms with Gasteiger partial charge in [0.2, 0.25) is 5.88 Å². The molecule has 0 bridgehead atoms. The Labute approximate surface area is 530 Å². The lowest BCUT2D eigenvalue weighted by atomic mass is 9.89. The number of pyridine rings is 4. The molecule has 4 spiro atoms. The van der Waals surface area contributed by atoms with Gasteiger partial charge < -0.3 is 31.1 Å². The van der Waals surface area contributed by atoms with Crippen molar-refractivity contribution in [1.29, 1.82) is 0 Å². The van der Waals surface area contributed by atoms with Crippen LogP contribution in [0.5, 0.6) is 17.4 Å². The quantitative estimate of drug-likeness (QED) is 0.101. The summed E-state index contributed by atoms with van der Waals surface area (Å²) in [5.74, 6) is -0.386. The van der Waals surface area contributed by atoms with Crippen LogP contribution in [0.15, 0.2) is 89.7 Å². The Morgan fingerprint density at radius 3 is 1.24 bits per heavy atom. The summed E-state index contributed by atoms with van der Waals surface area (Å²) in [4.78, 5) is 114. The molecule has 88 heavy (non-hydrogen) atoms. The van der Waals surface area contributed by atoms with Crippen LogP contribution in [0.1, 0.15) is 210 Å². The maximum atomic E-state index is 13.0. The van der Waals surface area contributed by atoms with Crippen LogP contribution in [-0.4, -0.2) is 74.1 Å². The smallest absolute Gasteiger partial charge is 0.296 e. The van der Waals surface area contributed by atoms with Gasteiger partial charge in [-0.05, 0) is 222 Å². The molecule has 6 aromatic rings. The van der Waals surface area contributed by atoms with E-state index in [1.165, 1.54) is 36.1 Å². The minimum Gasteiger partial charge on any atom is -0.503 e. The number of carbonyl (C=O) groups excluding carboxylic acids is 4. The summed E-state index contributed by atoms with van der Waals surface area (Å²) < 4.78 is 39.0. The lowest BCUT2D eigenvalue weighted by Gasteiger charge is -2.35. The standard InChI is InChI=1S/C17H18N4O3.C14H18N2O2.C13H15BrN2O2.C13H16N2O3.C4H3BrN2.CH3F.CH4.H2/c1-11-9-12(24-13-5-8-18-10-19-13)16(23)21-14(11)15(22)20-17(21)6-3-2-4-7-17;1-9-8-10(2)13(18)16-11(9)12(17)15-14(16)6-4-3-5-7-14;1-8-7-9(14)12(18)16-10(8)11(17)15-13(16)5-3-2-4-6-13;1-8-7-9(16)12(18)15-10(8)11(17)14-13(15)5-3-2-4-6-13;5-4-1-2-6-3-7-4;1-2;;/h5,8-10H,2-4,6-7H2,1H3,(H,20,22);8H,3-7H2,1-2H3,(H,15,17);7H,2-6H2,1H3,(H,15,17);7,16H,2-6H2,1H3,(H,14,17);1-3H;1H3;1H4;1H/i;;;;;1D;;1+1D. The lowest BCUT2D eigenvalue weighted by Crippen LogP contribution is -2.48. The van der Waals surface area contributed by atoms with Crippen molar-refractivity contribution in [3.8, 4) is 17.4 Å². The van der Waals surface area contributed by atoms with Crippen molar-refractivity contribution in [1.82, 2.24) is 59.5 Å². The van der Waals surface area contributed by atoms with Gasteiger partial charge in [-0.25, -0.2) is 19.9 Å². The molecule has 8 aliphatic rings. The molecule has 4 aliphatic carbocycles. The number of hydrogen-bond donors (Lipinski definition) is 5. The second-order valence-electron chi connectivity index (χ2n) is 23.4. The normalized spacial score (nSPS) is 18.8. The van der Waals surface area contributed by atoms with Crippen molar-refractivity contribution in [2.75, 3.05) is 7.15 Å². The summed E-state index contributed by atoms with van der Waals surface area (Å²) in [5.41, 5.74) is 2.75. The van der Waals surface area contributed by atoms with Gasteiger partial charge >= 0.3 is 0 Å². The van der Waals surface area contributed by atoms with Crippen molar-refractivity contribution in [2.45, 2.75) is 193 Å². The third-order valence-corrected chi connectivity index (χ3v) is 18.7. The zero-order valence-electron chi connectivity index (χ0n) is 52.5. The van der Waals surface area contributed by atoms with E-state index in [4.69, 9.17) is 9.08 Å². The van der Waals surface area contributed by atoms with E-state index in [9.17, 15) is 47.9 Å². The minimum absolute atomic E-state index is 0. The van der Waals surface area contributed by atoms with Gasteiger partial charge in [0.05, 0.1) is 13.0 Å². The summed E-state index contributed by atoms with van der Waals surface area (Å²) in [7, 11) is -1.00. The number of carbonyl (C=O) groups is 4. The number of amides is 4. The van der Waals surface area contributed by atoms with E-state index >= 15 is 0 Å². The van der Waals surface area contributed by atoms with Gasteiger partial charge in [-0.2, -0.15) is 0 Å². The first-order valence-electron chi connectivity index (χ1n) is 31.2. The van der Waals surface area contributed by atoms with Crippen molar-refractivity contribution in [3.63, 3.8) is 0 Å². The van der Waals surface area contributed by atoms with Gasteiger partial charge in [0.25, 0.3) is 45.9 Å². The molecular formula is C63H79Br2FN12O10. The van der Waals surface area contributed by atoms with Crippen LogP contribution in [0.2, 0.25) is 0 Å². The molecular weight excluding hydrogens is 1260 g/mol. The summed E-state index contributed by atoms with van der Waals surface area (Å²) >= 11 is 6.46. The van der Waals surface area contributed by atoms with E-state index in [0.29, 0.717) is 38.7 Å². The van der Waals surface area contributed by atoms with Crippen molar-refractivity contribution in [3.05, 3.63) is 163 Å². The van der Waals surface area contributed by atoms with E-state index in [1.54, 1.807) is 57.3 Å². The van der Waals surface area contributed by atoms with E-state index in [0.717, 1.165) is 142 Å². The molecule has 472 valence electrons. The summed E-state index contributed by atoms with van der Waals surface area (Å²) in [6.45, 7) is 9.16. The molecule has 0 aromatic carbocycles. The third-order valence-electron chi connectivity index (χ3n) is 17.6. The number of hydrogen-bond acceptors (Lipinski definition) is 14. The number of halogens is 3. The monoisotopic (exact) mass is 1340 g/mol. The molecule has 10 heterocycles. The van der Waals surface area contributed by atoms with Crippen LogP contribution >= 0.6 is 31.9 Å². The molecule has 0 atom stereocenters. The molecule has 4 aliphatic heterocycles. The number of fused-ring (bicyclic) bond motifs is 8. The molecule has 6 aromatic heterocycles. The molecule has 4 saturated carbocycles. The highest BCUT2D eigenvalue weighted by Crippen LogP contribution is 2.41. The van der Waals surface area contributed by atoms with Gasteiger partial charge in [-0.15, -0.1) is 0 Å². The number of nitrogens with zero attached hydrogens (tertiary/aromatic N) is 8. The minimum atomic E-state index is -1.00. The Morgan fingerprint density at radius 2 is 0.864 bits per heavy atom. The van der Waals surface area contributed by atoms with E-state index in [-0.39, 0.29) is 59.2 Å². The molecule has 0 radical (unpaired) electrons. The number of ether oxygens (including phenoxy) is 1. The van der Waals surface area contributed by atoms with Crippen molar-refractivity contribution in [2.24, 2.45) is 0 Å². The molecule has 14 rings (SSSR count). The predicted molar refractivity (Wildman–Crippen MR) is 338 cm³/mol. The molecule has 5 N–H and O–H groups in total. The average Bonchev–Trinajstić information content (AvgIpc) is 1.67. The second kappa shape index (κ2) is 27.4. The fourth-order valence-electron chi connectivity index (χ4n) is 13.9. The molecule has 4 fully saturated rings. The van der Waals surface area contributed by atoms with Crippen LogP contribution < -0.4 is 48.2 Å². The maximum absolute atomic E-state index is 13.0. The molecule has 25 heteroatoms. The Bertz CT molecular complexity index is 3650. The first kappa shape index (κ1) is 63.4. The third kappa shape index (κ3) is 12.7. The highest BCUT2D eigenvalue weighted by atomic mass is 79.9. The zero-order chi connectivity index (χ0) is 65.3. The lowest BCUT2D eigenvalue weighted by molar-refractivity contribution is 0.0866. The average molecular weight is 1350 g/mol. The summed E-state index contributed by atoms with van der Waals surface area (Å²) in [5, 5.41) is 21.8. The molecule has 0 unspecified atom stereocenters. The van der Waals surface area contributed by atoms with Gasteiger partial charge in [0.1, 0.15) is 62.7 Å². The first-order valence-corrected chi connectivity index (χ1v) is 31.1. The number of rotatable bonds is 2. The topological polar surface area (TPSA) is 285 Å². The maximum Gasteiger partial charge on any atom is 0.296 e. The van der Waals surface area contributed by atoms with Gasteiger partial charge in [0.15, 0.2) is 11.5 Å². The largest absolute Gasteiger partial charge is 0.503 e. The molecule has 22 nitrogen and oxygen atoms in total. The molecule has 4 amide bonds. The van der Waals surface area contributed by atoms with Gasteiger partial charge in [-0.3, -0.25) is 61.0 Å². The van der Waals surface area contributed by atoms with E-state index in [2.05, 4.69) is 73.1 Å². The van der Waals surface area contributed by atoms with Crippen LogP contribution in [0.25, 0.3) is 0 Å². The SMILES string of the molecule is Brc1ccncn1.C.Cc1cc(Br)c(=O)n2c1C(=O)NC21CCCCC1.Cc1cc(C)c(=O)n2c1C(=O)NC21CCCCC1.Cc1cc(O)c(=O)n2c1C(=O)NC21CCCCC1.Cc1cc(Oc2ccncn2)c(=O)n2c1C(=O)NC21CCCCC1.[2H]CF.[2H][2H]. The zero-order valence-corrected chi connectivity index (χ0v) is 52.6. The summed E-state index contributed by atoms with van der Waals surface area (Å²) in [6, 6.07) is 9.89. The number of nitrogens with one attached hydrogen (secondary N) is 4. The van der Waals surface area contributed by atoms with Crippen molar-refractivity contribution < 1.29 is 37.8 Å². The van der Waals surface area contributed by atoms with Crippen LogP contribution in [0, 0.1) is 34.6 Å². The van der Waals surface area contributed by atoms with Crippen molar-refractivity contribution >= 4 is 55.5 Å².